The molecule has 0 aliphatic heterocycles. The molecule has 16 heteroatoms. The maximum Gasteiger partial charge on any atom is 0.326 e. The number of rotatable bonds is 17. The van der Waals surface area contributed by atoms with Gasteiger partial charge in [-0.05, 0) is 18.4 Å². The zero-order valence-corrected chi connectivity index (χ0v) is 20.9. The lowest BCUT2D eigenvalue weighted by Crippen LogP contribution is -2.57. The summed E-state index contributed by atoms with van der Waals surface area (Å²) in [6.07, 6.45) is -1.59. The fraction of sp³-hybridized carbons (Fsp3) is 0.435. The fourth-order valence-electron chi connectivity index (χ4n) is 3.31. The normalized spacial score (nSPS) is 13.6. The lowest BCUT2D eigenvalue weighted by Gasteiger charge is -2.25. The van der Waals surface area contributed by atoms with Gasteiger partial charge in [0.2, 0.25) is 17.7 Å². The number of carbonyl (C=O) groups excluding carboxylic acids is 3. The van der Waals surface area contributed by atoms with Crippen molar-refractivity contribution >= 4 is 41.6 Å². The summed E-state index contributed by atoms with van der Waals surface area (Å²) in [7, 11) is 0. The maximum absolute atomic E-state index is 13.2. The number of carbonyl (C=O) groups is 6. The van der Waals surface area contributed by atoms with Crippen LogP contribution < -0.4 is 33.2 Å². The molecule has 0 spiro atoms. The number of guanidine groups is 1. The topological polar surface area (TPSA) is 290 Å². The van der Waals surface area contributed by atoms with Gasteiger partial charge in [-0.3, -0.25) is 29.0 Å². The minimum absolute atomic E-state index is 0.0582. The molecule has 16 nitrogen and oxygen atoms in total. The Kier molecular flexibility index (Phi) is 13.4. The summed E-state index contributed by atoms with van der Waals surface area (Å²) >= 11 is 0. The number of hydrogen-bond acceptors (Lipinski definition) is 8. The Labute approximate surface area is 223 Å². The van der Waals surface area contributed by atoms with Crippen molar-refractivity contribution < 1.29 is 44.1 Å². The number of aliphatic carboxylic acids is 3. The third kappa shape index (κ3) is 12.9. The SMILES string of the molecule is NC(N)=NCCCC(NC(=O)C(Cc1ccccc1)NC(=O)C(N)CC(=O)O)C(=O)NC(CC(=O)O)C(=O)O. The van der Waals surface area contributed by atoms with Gasteiger partial charge in [0.25, 0.3) is 0 Å². The van der Waals surface area contributed by atoms with E-state index < -0.39 is 72.6 Å². The molecule has 0 fully saturated rings. The standard InChI is InChI=1S/C23H33N7O9/c24-13(10-17(31)32)19(35)29-15(9-12-5-2-1-3-6-12)21(37)28-14(7-4-8-27-23(25)26)20(36)30-16(22(38)39)11-18(33)34/h1-3,5-6,13-16H,4,7-11,24H2,(H,28,37)(H,29,35)(H,30,36)(H,31,32)(H,33,34)(H,38,39)(H4,25,26,27). The Hall–Kier alpha value is -4.73. The van der Waals surface area contributed by atoms with Crippen molar-refractivity contribution in [1.82, 2.24) is 16.0 Å². The molecule has 0 aliphatic rings. The number of amides is 3. The molecular weight excluding hydrogens is 518 g/mol. The quantitative estimate of drug-likeness (QED) is 0.0535. The van der Waals surface area contributed by atoms with Gasteiger partial charge in [0.05, 0.1) is 18.9 Å². The largest absolute Gasteiger partial charge is 0.481 e. The number of nitrogens with two attached hydrogens (primary N) is 3. The first kappa shape index (κ1) is 32.3. The van der Waals surface area contributed by atoms with Gasteiger partial charge >= 0.3 is 17.9 Å². The van der Waals surface area contributed by atoms with E-state index in [-0.39, 0.29) is 31.8 Å². The van der Waals surface area contributed by atoms with Gasteiger partial charge in [0, 0.05) is 13.0 Å². The molecule has 4 unspecified atom stereocenters. The van der Waals surface area contributed by atoms with E-state index in [1.54, 1.807) is 30.3 Å². The van der Waals surface area contributed by atoms with Crippen LogP contribution in [0, 0.1) is 0 Å². The van der Waals surface area contributed by atoms with Crippen LogP contribution in [0.1, 0.15) is 31.2 Å². The second-order valence-electron chi connectivity index (χ2n) is 8.46. The van der Waals surface area contributed by atoms with Crippen molar-refractivity contribution in [2.45, 2.75) is 56.3 Å². The highest BCUT2D eigenvalue weighted by Gasteiger charge is 2.31. The lowest BCUT2D eigenvalue weighted by molar-refractivity contribution is -0.147. The molecule has 39 heavy (non-hydrogen) atoms. The van der Waals surface area contributed by atoms with E-state index in [1.807, 2.05) is 0 Å². The number of benzene rings is 1. The first-order valence-corrected chi connectivity index (χ1v) is 11.7. The van der Waals surface area contributed by atoms with Crippen LogP contribution >= 0.6 is 0 Å². The minimum atomic E-state index is -1.78. The molecule has 4 atom stereocenters. The van der Waals surface area contributed by atoms with Crippen LogP contribution in [0.15, 0.2) is 35.3 Å². The van der Waals surface area contributed by atoms with Crippen LogP contribution in [0.2, 0.25) is 0 Å². The second-order valence-corrected chi connectivity index (χ2v) is 8.46. The molecule has 1 aromatic rings. The molecule has 1 rings (SSSR count). The highest BCUT2D eigenvalue weighted by molar-refractivity contribution is 5.95. The summed E-state index contributed by atoms with van der Waals surface area (Å²) < 4.78 is 0. The van der Waals surface area contributed by atoms with E-state index >= 15 is 0 Å². The van der Waals surface area contributed by atoms with Crippen molar-refractivity contribution in [2.24, 2.45) is 22.2 Å². The number of carboxylic acids is 3. The third-order valence-electron chi connectivity index (χ3n) is 5.22. The smallest absolute Gasteiger partial charge is 0.326 e. The van der Waals surface area contributed by atoms with Gasteiger partial charge < -0.3 is 48.5 Å². The van der Waals surface area contributed by atoms with Crippen molar-refractivity contribution in [2.75, 3.05) is 6.54 Å². The number of aliphatic imine (C=N–C) groups is 1. The van der Waals surface area contributed by atoms with E-state index in [4.69, 9.17) is 27.4 Å². The number of hydrogen-bond donors (Lipinski definition) is 9. The number of nitrogens with zero attached hydrogens (tertiary/aromatic N) is 1. The summed E-state index contributed by atoms with van der Waals surface area (Å²) in [5.74, 6) is -7.38. The molecule has 12 N–H and O–H groups in total. The molecule has 0 radical (unpaired) electrons. The highest BCUT2D eigenvalue weighted by atomic mass is 16.4. The molecule has 0 aromatic heterocycles. The summed E-state index contributed by atoms with van der Waals surface area (Å²) in [5, 5.41) is 34.0. The van der Waals surface area contributed by atoms with E-state index in [0.29, 0.717) is 5.56 Å². The molecule has 0 saturated heterocycles. The van der Waals surface area contributed by atoms with Crippen molar-refractivity contribution in [3.05, 3.63) is 35.9 Å². The lowest BCUT2D eigenvalue weighted by atomic mass is 10.0. The zero-order valence-electron chi connectivity index (χ0n) is 20.9. The number of carboxylic acid groups (broad SMARTS) is 3. The van der Waals surface area contributed by atoms with Crippen molar-refractivity contribution in [1.29, 1.82) is 0 Å². The molecule has 0 heterocycles. The van der Waals surface area contributed by atoms with Gasteiger partial charge in [-0.25, -0.2) is 4.79 Å². The first-order valence-electron chi connectivity index (χ1n) is 11.7. The predicted octanol–water partition coefficient (Wildman–Crippen LogP) is -2.90. The molecule has 0 bridgehead atoms. The minimum Gasteiger partial charge on any atom is -0.481 e. The van der Waals surface area contributed by atoms with Crippen LogP contribution in [0.25, 0.3) is 0 Å². The second kappa shape index (κ2) is 16.2. The van der Waals surface area contributed by atoms with Crippen molar-refractivity contribution in [3.63, 3.8) is 0 Å². The molecule has 1 aromatic carbocycles. The van der Waals surface area contributed by atoms with E-state index in [2.05, 4.69) is 20.9 Å². The molecular formula is C23H33N7O9. The van der Waals surface area contributed by atoms with Gasteiger partial charge in [0.15, 0.2) is 5.96 Å². The van der Waals surface area contributed by atoms with Gasteiger partial charge in [-0.2, -0.15) is 0 Å². The maximum atomic E-state index is 13.2. The summed E-state index contributed by atoms with van der Waals surface area (Å²) in [4.78, 5) is 75.7. The van der Waals surface area contributed by atoms with Crippen LogP contribution in [-0.4, -0.2) is 87.6 Å². The first-order chi connectivity index (χ1) is 18.3. The Morgan fingerprint density at radius 3 is 1.85 bits per heavy atom. The van der Waals surface area contributed by atoms with E-state index in [0.717, 1.165) is 0 Å². The average molecular weight is 552 g/mol. The van der Waals surface area contributed by atoms with Gasteiger partial charge in [-0.1, -0.05) is 30.3 Å². The summed E-state index contributed by atoms with van der Waals surface area (Å²) in [6, 6.07) is 2.55. The highest BCUT2D eigenvalue weighted by Crippen LogP contribution is 2.07. The van der Waals surface area contributed by atoms with Crippen molar-refractivity contribution in [3.8, 4) is 0 Å². The van der Waals surface area contributed by atoms with Crippen LogP contribution in [0.4, 0.5) is 0 Å². The van der Waals surface area contributed by atoms with Crippen LogP contribution in [0.3, 0.4) is 0 Å². The van der Waals surface area contributed by atoms with E-state index in [1.165, 1.54) is 0 Å². The Bertz CT molecular complexity index is 1060. The van der Waals surface area contributed by atoms with Gasteiger partial charge in [0.1, 0.15) is 18.1 Å². The van der Waals surface area contributed by atoms with Crippen LogP contribution in [0.5, 0.6) is 0 Å². The molecule has 0 aliphatic carbocycles. The monoisotopic (exact) mass is 551 g/mol. The van der Waals surface area contributed by atoms with Crippen LogP contribution in [-0.2, 0) is 35.2 Å². The average Bonchev–Trinajstić information content (AvgIpc) is 2.84. The molecule has 3 amide bonds. The summed E-state index contributed by atoms with van der Waals surface area (Å²) in [5.41, 5.74) is 16.8. The predicted molar refractivity (Wildman–Crippen MR) is 136 cm³/mol. The van der Waals surface area contributed by atoms with Gasteiger partial charge in [-0.15, -0.1) is 0 Å². The Morgan fingerprint density at radius 1 is 0.769 bits per heavy atom. The zero-order chi connectivity index (χ0) is 29.5. The van der Waals surface area contributed by atoms with E-state index in [9.17, 15) is 33.9 Å². The number of nitrogens with one attached hydrogen (secondary N) is 3. The fourth-order valence-corrected chi connectivity index (χ4v) is 3.31. The Balaban J connectivity index is 3.17. The summed E-state index contributed by atoms with van der Waals surface area (Å²) in [6.45, 7) is 0.0632. The Morgan fingerprint density at radius 2 is 1.31 bits per heavy atom. The molecule has 0 saturated carbocycles. The third-order valence-corrected chi connectivity index (χ3v) is 5.22. The molecule has 214 valence electrons.